The van der Waals surface area contributed by atoms with Crippen molar-refractivity contribution in [1.82, 2.24) is 9.80 Å². The quantitative estimate of drug-likeness (QED) is 0.906. The predicted octanol–water partition coefficient (Wildman–Crippen LogP) is 3.02. The molecule has 0 unspecified atom stereocenters. The Balaban J connectivity index is 1.61. The van der Waals surface area contributed by atoms with Crippen LogP contribution in [0.1, 0.15) is 35.2 Å². The second kappa shape index (κ2) is 7.41. The largest absolute Gasteiger partial charge is 0.383 e. The van der Waals surface area contributed by atoms with Gasteiger partial charge in [-0.3, -0.25) is 9.69 Å². The summed E-state index contributed by atoms with van der Waals surface area (Å²) in [6.07, 6.45) is 2.73. The van der Waals surface area contributed by atoms with E-state index in [4.69, 9.17) is 0 Å². The molecule has 2 atom stereocenters. The van der Waals surface area contributed by atoms with Crippen LogP contribution in [0.3, 0.4) is 0 Å². The molecule has 2 aromatic carbocycles. The summed E-state index contributed by atoms with van der Waals surface area (Å²) >= 11 is 0. The molecule has 0 aliphatic carbocycles. The number of likely N-dealkylation sites (tertiary alicyclic amines) is 2. The van der Waals surface area contributed by atoms with E-state index in [1.54, 1.807) is 4.90 Å². The third-order valence-corrected chi connectivity index (χ3v) is 5.94. The van der Waals surface area contributed by atoms with Gasteiger partial charge in [-0.05, 0) is 62.2 Å². The van der Waals surface area contributed by atoms with E-state index in [0.29, 0.717) is 25.1 Å². The smallest absolute Gasteiger partial charge is 0.253 e. The van der Waals surface area contributed by atoms with Crippen LogP contribution in [0.5, 0.6) is 0 Å². The Labute approximate surface area is 159 Å². The maximum absolute atomic E-state index is 13.2. The molecule has 27 heavy (non-hydrogen) atoms. The Kier molecular flexibility index (Phi) is 4.98. The molecule has 0 spiro atoms. The molecule has 0 saturated carbocycles. The molecular weight excluding hydrogens is 343 g/mol. The number of carbonyl (C=O) groups excluding carboxylic acids is 1. The minimum Gasteiger partial charge on any atom is -0.383 e. The Hall–Kier alpha value is -2.24. The summed E-state index contributed by atoms with van der Waals surface area (Å²) in [5.74, 6) is -0.451. The van der Waals surface area contributed by atoms with Crippen molar-refractivity contribution in [3.8, 4) is 0 Å². The standard InChI is InChI=1S/C22H25FN2O2/c23-19-10-8-17(9-11-19)21(26)25-15-12-22(27,18-6-2-1-3-7-18)20(16-25)24-13-4-5-14-24/h1-3,6-11,20,27H,4-5,12-16H2/t20-,22+/m1/s1. The fourth-order valence-corrected chi connectivity index (χ4v) is 4.42. The highest BCUT2D eigenvalue weighted by Crippen LogP contribution is 2.37. The molecule has 142 valence electrons. The maximum Gasteiger partial charge on any atom is 0.253 e. The molecule has 4 rings (SSSR count). The van der Waals surface area contributed by atoms with Crippen molar-refractivity contribution in [2.75, 3.05) is 26.2 Å². The van der Waals surface area contributed by atoms with Crippen molar-refractivity contribution in [2.45, 2.75) is 30.9 Å². The van der Waals surface area contributed by atoms with Crippen LogP contribution in [0.25, 0.3) is 0 Å². The van der Waals surface area contributed by atoms with Gasteiger partial charge in [0.1, 0.15) is 11.4 Å². The number of hydrogen-bond acceptors (Lipinski definition) is 3. The number of amides is 1. The van der Waals surface area contributed by atoms with Gasteiger partial charge in [0.15, 0.2) is 0 Å². The predicted molar refractivity (Wildman–Crippen MR) is 102 cm³/mol. The molecule has 2 aliphatic rings. The summed E-state index contributed by atoms with van der Waals surface area (Å²) in [5.41, 5.74) is 0.433. The third-order valence-electron chi connectivity index (χ3n) is 5.94. The van der Waals surface area contributed by atoms with Gasteiger partial charge in [-0.25, -0.2) is 4.39 Å². The van der Waals surface area contributed by atoms with Crippen LogP contribution >= 0.6 is 0 Å². The lowest BCUT2D eigenvalue weighted by Crippen LogP contribution is -2.61. The van der Waals surface area contributed by atoms with Crippen molar-refractivity contribution in [3.05, 3.63) is 71.5 Å². The molecule has 0 radical (unpaired) electrons. The van der Waals surface area contributed by atoms with Crippen molar-refractivity contribution < 1.29 is 14.3 Å². The van der Waals surface area contributed by atoms with Crippen LogP contribution in [0.4, 0.5) is 4.39 Å². The normalized spacial score (nSPS) is 26.3. The first-order valence-corrected chi connectivity index (χ1v) is 9.65. The number of halogens is 1. The van der Waals surface area contributed by atoms with Gasteiger partial charge in [-0.2, -0.15) is 0 Å². The Morgan fingerprint density at radius 1 is 1.00 bits per heavy atom. The number of rotatable bonds is 3. The summed E-state index contributed by atoms with van der Waals surface area (Å²) in [4.78, 5) is 17.0. The number of aliphatic hydroxyl groups is 1. The van der Waals surface area contributed by atoms with Gasteiger partial charge in [0.05, 0.1) is 6.04 Å². The Morgan fingerprint density at radius 3 is 2.33 bits per heavy atom. The van der Waals surface area contributed by atoms with Crippen molar-refractivity contribution >= 4 is 5.91 Å². The average molecular weight is 368 g/mol. The van der Waals surface area contributed by atoms with Crippen LogP contribution in [0.2, 0.25) is 0 Å². The van der Waals surface area contributed by atoms with Gasteiger partial charge in [0, 0.05) is 18.7 Å². The molecule has 2 aromatic rings. The Morgan fingerprint density at radius 2 is 1.67 bits per heavy atom. The molecular formula is C22H25FN2O2. The van der Waals surface area contributed by atoms with E-state index in [-0.39, 0.29) is 17.8 Å². The summed E-state index contributed by atoms with van der Waals surface area (Å²) < 4.78 is 13.2. The van der Waals surface area contributed by atoms with Gasteiger partial charge >= 0.3 is 0 Å². The second-order valence-corrected chi connectivity index (χ2v) is 7.56. The van der Waals surface area contributed by atoms with Crippen LogP contribution in [0.15, 0.2) is 54.6 Å². The summed E-state index contributed by atoms with van der Waals surface area (Å²) in [7, 11) is 0. The van der Waals surface area contributed by atoms with Gasteiger partial charge in [0.25, 0.3) is 5.91 Å². The first kappa shape index (κ1) is 18.1. The molecule has 0 aromatic heterocycles. The van der Waals surface area contributed by atoms with E-state index in [1.165, 1.54) is 24.3 Å². The zero-order valence-electron chi connectivity index (χ0n) is 15.4. The van der Waals surface area contributed by atoms with Gasteiger partial charge < -0.3 is 10.0 Å². The van der Waals surface area contributed by atoms with E-state index in [0.717, 1.165) is 31.5 Å². The molecule has 2 fully saturated rings. The van der Waals surface area contributed by atoms with E-state index in [2.05, 4.69) is 4.90 Å². The average Bonchev–Trinajstić information content (AvgIpc) is 3.23. The number of hydrogen-bond donors (Lipinski definition) is 1. The fourth-order valence-electron chi connectivity index (χ4n) is 4.42. The molecule has 1 N–H and O–H groups in total. The molecule has 5 heteroatoms. The minimum absolute atomic E-state index is 0.102. The van der Waals surface area contributed by atoms with Gasteiger partial charge in [-0.1, -0.05) is 30.3 Å². The summed E-state index contributed by atoms with van der Waals surface area (Å²) in [6, 6.07) is 15.3. The second-order valence-electron chi connectivity index (χ2n) is 7.56. The summed E-state index contributed by atoms with van der Waals surface area (Å²) in [6.45, 7) is 2.84. The Bertz CT molecular complexity index is 790. The van der Waals surface area contributed by atoms with E-state index >= 15 is 0 Å². The summed E-state index contributed by atoms with van der Waals surface area (Å²) in [5, 5.41) is 11.6. The van der Waals surface area contributed by atoms with Crippen LogP contribution in [-0.4, -0.2) is 53.0 Å². The van der Waals surface area contributed by atoms with Crippen LogP contribution in [0, 0.1) is 5.82 Å². The topological polar surface area (TPSA) is 43.8 Å². The zero-order chi connectivity index (χ0) is 18.9. The number of carbonyl (C=O) groups is 1. The first-order chi connectivity index (χ1) is 13.1. The fraction of sp³-hybridized carbons (Fsp3) is 0.409. The van der Waals surface area contributed by atoms with Crippen molar-refractivity contribution in [2.24, 2.45) is 0 Å². The molecule has 2 heterocycles. The molecule has 2 saturated heterocycles. The van der Waals surface area contributed by atoms with Gasteiger partial charge in [-0.15, -0.1) is 0 Å². The highest BCUT2D eigenvalue weighted by atomic mass is 19.1. The lowest BCUT2D eigenvalue weighted by molar-refractivity contribution is -0.0878. The van der Waals surface area contributed by atoms with E-state index < -0.39 is 5.60 Å². The number of piperidine rings is 1. The van der Waals surface area contributed by atoms with Crippen LogP contribution in [-0.2, 0) is 5.60 Å². The van der Waals surface area contributed by atoms with Crippen molar-refractivity contribution in [3.63, 3.8) is 0 Å². The number of nitrogens with zero attached hydrogens (tertiary/aromatic N) is 2. The van der Waals surface area contributed by atoms with E-state index in [1.807, 2.05) is 30.3 Å². The lowest BCUT2D eigenvalue weighted by atomic mass is 9.79. The zero-order valence-corrected chi connectivity index (χ0v) is 15.4. The molecule has 4 nitrogen and oxygen atoms in total. The highest BCUT2D eigenvalue weighted by Gasteiger charge is 2.47. The van der Waals surface area contributed by atoms with Crippen molar-refractivity contribution in [1.29, 1.82) is 0 Å². The highest BCUT2D eigenvalue weighted by molar-refractivity contribution is 5.94. The maximum atomic E-state index is 13.2. The molecule has 2 aliphatic heterocycles. The molecule has 0 bridgehead atoms. The monoisotopic (exact) mass is 368 g/mol. The third kappa shape index (κ3) is 3.49. The molecule has 1 amide bonds. The SMILES string of the molecule is O=C(c1ccc(F)cc1)N1CC[C@](O)(c2ccccc2)[C@H](N2CCCC2)C1. The first-order valence-electron chi connectivity index (χ1n) is 9.65. The lowest BCUT2D eigenvalue weighted by Gasteiger charge is -2.48. The van der Waals surface area contributed by atoms with Gasteiger partial charge in [0.2, 0.25) is 0 Å². The van der Waals surface area contributed by atoms with E-state index in [9.17, 15) is 14.3 Å². The minimum atomic E-state index is -0.967. The number of benzene rings is 2. The van der Waals surface area contributed by atoms with Crippen LogP contribution < -0.4 is 0 Å².